The number of aromatic nitrogens is 2. The molecule has 1 atom stereocenters. The lowest BCUT2D eigenvalue weighted by molar-refractivity contribution is -0.129. The Morgan fingerprint density at radius 2 is 1.94 bits per heavy atom. The van der Waals surface area contributed by atoms with E-state index in [4.69, 9.17) is 9.47 Å². The Bertz CT molecular complexity index is 1270. The van der Waals surface area contributed by atoms with Crippen molar-refractivity contribution < 1.29 is 24.2 Å². The number of methoxy groups -OCH3 is 1. The average Bonchev–Trinajstić information content (AvgIpc) is 3.51. The van der Waals surface area contributed by atoms with Crippen molar-refractivity contribution in [2.75, 3.05) is 20.3 Å². The van der Waals surface area contributed by atoms with Gasteiger partial charge in [-0.25, -0.2) is 4.98 Å². The Morgan fingerprint density at radius 1 is 1.14 bits per heavy atom. The first-order valence-corrected chi connectivity index (χ1v) is 11.8. The van der Waals surface area contributed by atoms with Crippen LogP contribution < -0.4 is 9.47 Å². The number of carbonyl (C=O) groups excluding carboxylic acids is 2. The van der Waals surface area contributed by atoms with E-state index in [-0.39, 0.29) is 5.57 Å². The van der Waals surface area contributed by atoms with E-state index >= 15 is 0 Å². The number of aliphatic hydroxyl groups is 1. The van der Waals surface area contributed by atoms with E-state index in [1.807, 2.05) is 48.0 Å². The Labute approximate surface area is 210 Å². The molecular weight excluding hydrogens is 458 g/mol. The number of aliphatic hydroxyl groups excluding tert-OH is 1. The van der Waals surface area contributed by atoms with E-state index < -0.39 is 23.5 Å². The number of hydrogen-bond acceptors (Lipinski definition) is 6. The highest BCUT2D eigenvalue weighted by Crippen LogP contribution is 2.41. The zero-order chi connectivity index (χ0) is 25.5. The smallest absolute Gasteiger partial charge is 0.290 e. The van der Waals surface area contributed by atoms with Gasteiger partial charge in [-0.2, -0.15) is 0 Å². The molecule has 3 aromatic rings. The molecule has 0 saturated heterocycles. The zero-order valence-corrected chi connectivity index (χ0v) is 20.3. The molecule has 1 aliphatic rings. The van der Waals surface area contributed by atoms with Crippen LogP contribution >= 0.6 is 0 Å². The minimum atomic E-state index is -0.766. The molecule has 2 heterocycles. The first-order chi connectivity index (χ1) is 17.5. The fourth-order valence-corrected chi connectivity index (χ4v) is 4.28. The highest BCUT2D eigenvalue weighted by atomic mass is 16.5. The quantitative estimate of drug-likeness (QED) is 0.404. The molecule has 0 bridgehead atoms. The average molecular weight is 488 g/mol. The molecule has 8 nitrogen and oxygen atoms in total. The van der Waals surface area contributed by atoms with Crippen molar-refractivity contribution in [3.8, 4) is 11.5 Å². The summed E-state index contributed by atoms with van der Waals surface area (Å²) in [7, 11) is 1.53. The second kappa shape index (κ2) is 11.4. The third-order valence-corrected chi connectivity index (χ3v) is 5.97. The number of carbonyl (C=O) groups is 2. The molecule has 1 aliphatic heterocycles. The van der Waals surface area contributed by atoms with E-state index in [1.54, 1.807) is 36.8 Å². The summed E-state index contributed by atoms with van der Waals surface area (Å²) >= 11 is 0. The van der Waals surface area contributed by atoms with Crippen molar-refractivity contribution in [2.45, 2.75) is 25.9 Å². The standard InChI is InChI=1S/C28H29N3O5/c1-3-36-23-13-11-21(18-24(23)35-2)26-25(22(32)12-10-20-8-5-4-6-9-20)27(33)28(34)31(26)16-7-15-30-17-14-29-19-30/h4-6,8-14,17-19,26,33H,3,7,15-16H2,1-2H3. The molecule has 0 radical (unpaired) electrons. The number of hydrogen-bond donors (Lipinski definition) is 1. The fourth-order valence-electron chi connectivity index (χ4n) is 4.28. The minimum absolute atomic E-state index is 0.0426. The summed E-state index contributed by atoms with van der Waals surface area (Å²) in [6.07, 6.45) is 8.92. The van der Waals surface area contributed by atoms with Gasteiger partial charge in [0.1, 0.15) is 0 Å². The maximum atomic E-state index is 13.3. The molecule has 186 valence electrons. The van der Waals surface area contributed by atoms with Crippen LogP contribution in [0.1, 0.15) is 30.5 Å². The zero-order valence-electron chi connectivity index (χ0n) is 20.3. The van der Waals surface area contributed by atoms with Crippen molar-refractivity contribution >= 4 is 17.8 Å². The number of nitrogens with zero attached hydrogens (tertiary/aromatic N) is 3. The minimum Gasteiger partial charge on any atom is -0.503 e. The van der Waals surface area contributed by atoms with Crippen LogP contribution in [0, 0.1) is 0 Å². The van der Waals surface area contributed by atoms with E-state index in [2.05, 4.69) is 4.98 Å². The van der Waals surface area contributed by atoms with Crippen molar-refractivity contribution in [1.82, 2.24) is 14.5 Å². The highest BCUT2D eigenvalue weighted by molar-refractivity contribution is 6.14. The number of amides is 1. The molecule has 36 heavy (non-hydrogen) atoms. The van der Waals surface area contributed by atoms with Crippen LogP contribution in [0.25, 0.3) is 6.08 Å². The van der Waals surface area contributed by atoms with Crippen LogP contribution in [0.3, 0.4) is 0 Å². The van der Waals surface area contributed by atoms with Gasteiger partial charge in [-0.05, 0) is 42.7 Å². The van der Waals surface area contributed by atoms with Crippen molar-refractivity contribution in [1.29, 1.82) is 0 Å². The lowest BCUT2D eigenvalue weighted by Crippen LogP contribution is -2.32. The molecule has 1 aromatic heterocycles. The summed E-state index contributed by atoms with van der Waals surface area (Å²) in [4.78, 5) is 32.1. The number of ketones is 1. The molecular formula is C28H29N3O5. The maximum Gasteiger partial charge on any atom is 0.290 e. The molecule has 1 amide bonds. The lowest BCUT2D eigenvalue weighted by atomic mass is 9.95. The first kappa shape index (κ1) is 24.8. The summed E-state index contributed by atoms with van der Waals surface area (Å²) in [5.74, 6) is -0.490. The van der Waals surface area contributed by atoms with Crippen LogP contribution in [0.5, 0.6) is 11.5 Å². The van der Waals surface area contributed by atoms with Gasteiger partial charge in [0.25, 0.3) is 5.91 Å². The second-order valence-electron chi connectivity index (χ2n) is 8.27. The number of ether oxygens (including phenoxy) is 2. The third-order valence-electron chi connectivity index (χ3n) is 5.97. The van der Waals surface area contributed by atoms with Gasteiger partial charge < -0.3 is 24.0 Å². The molecule has 2 aromatic carbocycles. The second-order valence-corrected chi connectivity index (χ2v) is 8.27. The van der Waals surface area contributed by atoms with Gasteiger partial charge in [0.05, 0.1) is 31.7 Å². The van der Waals surface area contributed by atoms with Crippen LogP contribution in [-0.4, -0.2) is 51.5 Å². The third kappa shape index (κ3) is 5.33. The van der Waals surface area contributed by atoms with Crippen LogP contribution in [0.15, 0.2) is 84.7 Å². The van der Waals surface area contributed by atoms with E-state index in [9.17, 15) is 14.7 Å². The SMILES string of the molecule is CCOc1ccc(C2C(C(=O)C=Cc3ccccc3)=C(O)C(=O)N2CCCn2ccnc2)cc1OC. The number of rotatable bonds is 11. The van der Waals surface area contributed by atoms with Gasteiger partial charge in [-0.3, -0.25) is 9.59 Å². The Hall–Kier alpha value is -4.33. The van der Waals surface area contributed by atoms with Gasteiger partial charge in [-0.1, -0.05) is 42.5 Å². The monoisotopic (exact) mass is 487 g/mol. The lowest BCUT2D eigenvalue weighted by Gasteiger charge is -2.27. The molecule has 1 unspecified atom stereocenters. The largest absolute Gasteiger partial charge is 0.503 e. The van der Waals surface area contributed by atoms with E-state index in [0.29, 0.717) is 43.2 Å². The van der Waals surface area contributed by atoms with E-state index in [0.717, 1.165) is 5.56 Å². The van der Waals surface area contributed by atoms with Crippen molar-refractivity contribution in [2.24, 2.45) is 0 Å². The van der Waals surface area contributed by atoms with Crippen LogP contribution in [0.2, 0.25) is 0 Å². The van der Waals surface area contributed by atoms with Gasteiger partial charge in [0, 0.05) is 25.5 Å². The molecule has 4 rings (SSSR count). The Morgan fingerprint density at radius 3 is 2.64 bits per heavy atom. The molecule has 0 fully saturated rings. The van der Waals surface area contributed by atoms with Crippen LogP contribution in [-0.2, 0) is 16.1 Å². The van der Waals surface area contributed by atoms with Crippen molar-refractivity contribution in [3.63, 3.8) is 0 Å². The maximum absolute atomic E-state index is 13.3. The summed E-state index contributed by atoms with van der Waals surface area (Å²) in [5, 5.41) is 10.8. The summed E-state index contributed by atoms with van der Waals surface area (Å²) in [6, 6.07) is 13.9. The molecule has 0 aliphatic carbocycles. The predicted octanol–water partition coefficient (Wildman–Crippen LogP) is 4.36. The first-order valence-electron chi connectivity index (χ1n) is 11.8. The predicted molar refractivity (Wildman–Crippen MR) is 136 cm³/mol. The number of aryl methyl sites for hydroxylation is 1. The topological polar surface area (TPSA) is 93.9 Å². The Kier molecular flexibility index (Phi) is 7.85. The van der Waals surface area contributed by atoms with Gasteiger partial charge >= 0.3 is 0 Å². The summed E-state index contributed by atoms with van der Waals surface area (Å²) < 4.78 is 13.0. The van der Waals surface area contributed by atoms with Gasteiger partial charge in [0.15, 0.2) is 23.0 Å². The summed E-state index contributed by atoms with van der Waals surface area (Å²) in [5.41, 5.74) is 1.53. The van der Waals surface area contributed by atoms with Crippen molar-refractivity contribution in [3.05, 3.63) is 95.8 Å². The van der Waals surface area contributed by atoms with Crippen LogP contribution in [0.4, 0.5) is 0 Å². The number of benzene rings is 2. The number of allylic oxidation sites excluding steroid dienone is 1. The molecule has 8 heteroatoms. The summed E-state index contributed by atoms with van der Waals surface area (Å²) in [6.45, 7) is 3.32. The van der Waals surface area contributed by atoms with E-state index in [1.165, 1.54) is 18.1 Å². The van der Waals surface area contributed by atoms with Gasteiger partial charge in [0.2, 0.25) is 0 Å². The highest BCUT2D eigenvalue weighted by Gasteiger charge is 2.42. The molecule has 1 N–H and O–H groups in total. The van der Waals surface area contributed by atoms with Gasteiger partial charge in [-0.15, -0.1) is 0 Å². The fraction of sp³-hybridized carbons (Fsp3) is 0.250. The Balaban J connectivity index is 1.67. The molecule has 0 spiro atoms. The normalized spacial score (nSPS) is 15.7. The molecule has 0 saturated carbocycles. The number of imidazole rings is 1.